The molecule has 2 heterocycles. The summed E-state index contributed by atoms with van der Waals surface area (Å²) in [5, 5.41) is 8.05. The summed E-state index contributed by atoms with van der Waals surface area (Å²) < 4.78 is 15.0. The van der Waals surface area contributed by atoms with E-state index >= 15 is 0 Å². The molecule has 0 atom stereocenters. The minimum atomic E-state index is -0.559. The number of H-pyrrole nitrogens is 1. The van der Waals surface area contributed by atoms with E-state index in [-0.39, 0.29) is 28.9 Å². The van der Waals surface area contributed by atoms with E-state index in [0.717, 1.165) is 36.6 Å². The van der Waals surface area contributed by atoms with Crippen molar-refractivity contribution < 1.29 is 14.0 Å². The van der Waals surface area contributed by atoms with Crippen molar-refractivity contribution in [2.75, 3.05) is 26.2 Å². The molecule has 2 saturated carbocycles. The predicted molar refractivity (Wildman–Crippen MR) is 161 cm³/mol. The molecule has 1 aliphatic heterocycles. The van der Waals surface area contributed by atoms with Crippen molar-refractivity contribution in [2.45, 2.75) is 70.6 Å². The highest BCUT2D eigenvalue weighted by atomic mass is 19.1. The van der Waals surface area contributed by atoms with E-state index in [9.17, 15) is 18.8 Å². The summed E-state index contributed by atoms with van der Waals surface area (Å²) in [5.74, 6) is 0.460. The molecule has 42 heavy (non-hydrogen) atoms. The lowest BCUT2D eigenvalue weighted by Gasteiger charge is -2.42. The second-order valence-electron chi connectivity index (χ2n) is 12.5. The molecule has 3 fully saturated rings. The van der Waals surface area contributed by atoms with E-state index in [1.807, 2.05) is 17.0 Å². The minimum absolute atomic E-state index is 0.0308. The van der Waals surface area contributed by atoms with Crippen molar-refractivity contribution >= 4 is 22.6 Å². The summed E-state index contributed by atoms with van der Waals surface area (Å²) in [5.41, 5.74) is 1.17. The van der Waals surface area contributed by atoms with E-state index in [1.54, 1.807) is 29.2 Å². The molecule has 2 amide bonds. The van der Waals surface area contributed by atoms with Crippen LogP contribution in [0.25, 0.3) is 10.8 Å². The van der Waals surface area contributed by atoms with Crippen molar-refractivity contribution in [2.24, 2.45) is 17.8 Å². The van der Waals surface area contributed by atoms with Gasteiger partial charge in [0.1, 0.15) is 5.82 Å². The first-order chi connectivity index (χ1) is 20.5. The Morgan fingerprint density at radius 2 is 1.43 bits per heavy atom. The number of amides is 2. The van der Waals surface area contributed by atoms with Gasteiger partial charge < -0.3 is 9.80 Å². The number of aromatic amines is 1. The van der Waals surface area contributed by atoms with Crippen LogP contribution in [0.5, 0.6) is 0 Å². The zero-order valence-corrected chi connectivity index (χ0v) is 24.3. The number of fused-ring (bicyclic) bond motifs is 1. The number of carbonyl (C=O) groups is 2. The summed E-state index contributed by atoms with van der Waals surface area (Å²) in [4.78, 5) is 43.3. The Bertz CT molecular complexity index is 1470. The smallest absolute Gasteiger partial charge is 0.272 e. The zero-order chi connectivity index (χ0) is 29.1. The summed E-state index contributed by atoms with van der Waals surface area (Å²) in [6.07, 6.45) is 12.4. The first kappa shape index (κ1) is 28.6. The molecule has 6 rings (SSSR count). The van der Waals surface area contributed by atoms with Crippen molar-refractivity contribution in [3.8, 4) is 0 Å². The molecular formula is C34H41FN4O3. The van der Waals surface area contributed by atoms with Gasteiger partial charge in [-0.2, -0.15) is 5.10 Å². The highest BCUT2D eigenvalue weighted by molar-refractivity contribution is 5.95. The molecule has 8 heteroatoms. The zero-order valence-electron chi connectivity index (χ0n) is 24.3. The van der Waals surface area contributed by atoms with Gasteiger partial charge in [0.05, 0.1) is 16.6 Å². The van der Waals surface area contributed by atoms with Gasteiger partial charge in [0, 0.05) is 43.9 Å². The Kier molecular flexibility index (Phi) is 8.68. The number of benzene rings is 2. The number of carbonyl (C=O) groups excluding carboxylic acids is 2. The maximum atomic E-state index is 15.0. The Balaban J connectivity index is 1.14. The molecule has 1 saturated heterocycles. The van der Waals surface area contributed by atoms with Crippen LogP contribution in [-0.4, -0.2) is 58.0 Å². The van der Waals surface area contributed by atoms with Gasteiger partial charge in [-0.1, -0.05) is 62.8 Å². The molecule has 0 bridgehead atoms. The summed E-state index contributed by atoms with van der Waals surface area (Å²) in [6, 6.07) is 11.8. The first-order valence-electron chi connectivity index (χ1n) is 15.8. The molecule has 222 valence electrons. The highest BCUT2D eigenvalue weighted by Gasteiger charge is 2.39. The van der Waals surface area contributed by atoms with Crippen LogP contribution in [-0.2, 0) is 11.2 Å². The average Bonchev–Trinajstić information content (AvgIpc) is 3.04. The molecule has 2 aliphatic carbocycles. The van der Waals surface area contributed by atoms with Crippen molar-refractivity contribution in [1.29, 1.82) is 0 Å². The second-order valence-corrected chi connectivity index (χ2v) is 12.5. The van der Waals surface area contributed by atoms with Gasteiger partial charge in [-0.25, -0.2) is 9.49 Å². The standard InChI is InChI=1S/C34H41FN4O3/c35-29-16-15-23(22-30-26-13-7-8-14-27(26)32(40)37-36-30)21-28(29)33(41)38-17-19-39(20-18-38)34(42)31(24-9-3-1-4-10-24)25-11-5-2-6-12-25/h7-8,13-16,21,24-25,31H,1-6,9-12,17-20,22H2,(H,37,40). The van der Waals surface area contributed by atoms with Crippen molar-refractivity contribution in [1.82, 2.24) is 20.0 Å². The van der Waals surface area contributed by atoms with Gasteiger partial charge in [0.2, 0.25) is 5.91 Å². The van der Waals surface area contributed by atoms with Crippen molar-refractivity contribution in [3.05, 3.63) is 75.5 Å². The third-order valence-electron chi connectivity index (χ3n) is 9.89. The lowest BCUT2D eigenvalue weighted by Crippen LogP contribution is -2.53. The summed E-state index contributed by atoms with van der Waals surface area (Å²) in [7, 11) is 0. The SMILES string of the molecule is O=C(c1cc(Cc2n[nH]c(=O)c3ccccc23)ccc1F)N1CCN(C(=O)C(C2CCCCC2)C2CCCCC2)CC1. The van der Waals surface area contributed by atoms with E-state index in [2.05, 4.69) is 10.2 Å². The number of hydrogen-bond acceptors (Lipinski definition) is 4. The highest BCUT2D eigenvalue weighted by Crippen LogP contribution is 2.41. The number of nitrogens with zero attached hydrogens (tertiary/aromatic N) is 3. The molecule has 1 N–H and O–H groups in total. The van der Waals surface area contributed by atoms with E-state index < -0.39 is 5.82 Å². The number of hydrogen-bond donors (Lipinski definition) is 1. The fraction of sp³-hybridized carbons (Fsp3) is 0.529. The van der Waals surface area contributed by atoms with Gasteiger partial charge in [-0.05, 0) is 61.3 Å². The van der Waals surface area contributed by atoms with Crippen LogP contribution >= 0.6 is 0 Å². The Hall–Kier alpha value is -3.55. The molecular weight excluding hydrogens is 531 g/mol. The van der Waals surface area contributed by atoms with Crippen molar-refractivity contribution in [3.63, 3.8) is 0 Å². The largest absolute Gasteiger partial charge is 0.339 e. The van der Waals surface area contributed by atoms with E-state index in [4.69, 9.17) is 0 Å². The number of halogens is 1. The maximum absolute atomic E-state index is 15.0. The number of piperazine rings is 1. The number of aromatic nitrogens is 2. The molecule has 1 aromatic heterocycles. The third kappa shape index (κ3) is 5.99. The average molecular weight is 573 g/mol. The Morgan fingerprint density at radius 1 is 0.833 bits per heavy atom. The Morgan fingerprint density at radius 3 is 2.07 bits per heavy atom. The quantitative estimate of drug-likeness (QED) is 0.410. The Labute approximate surface area is 246 Å². The van der Waals surface area contributed by atoms with Gasteiger partial charge in [0.15, 0.2) is 0 Å². The number of rotatable bonds is 6. The van der Waals surface area contributed by atoms with Gasteiger partial charge >= 0.3 is 0 Å². The molecule has 0 spiro atoms. The van der Waals surface area contributed by atoms with Crippen LogP contribution in [0.4, 0.5) is 4.39 Å². The predicted octanol–water partition coefficient (Wildman–Crippen LogP) is 5.71. The molecule has 0 radical (unpaired) electrons. The summed E-state index contributed by atoms with van der Waals surface area (Å²) in [6.45, 7) is 1.80. The minimum Gasteiger partial charge on any atom is -0.339 e. The van der Waals surface area contributed by atoms with Gasteiger partial charge in [-0.3, -0.25) is 14.4 Å². The fourth-order valence-electron chi connectivity index (χ4n) is 7.63. The first-order valence-corrected chi connectivity index (χ1v) is 15.8. The van der Waals surface area contributed by atoms with Crippen LogP contribution in [0, 0.1) is 23.6 Å². The third-order valence-corrected chi connectivity index (χ3v) is 9.89. The van der Waals surface area contributed by atoms with Crippen LogP contribution in [0.2, 0.25) is 0 Å². The monoisotopic (exact) mass is 572 g/mol. The molecule has 0 unspecified atom stereocenters. The topological polar surface area (TPSA) is 86.4 Å². The van der Waals surface area contributed by atoms with Crippen LogP contribution in [0.3, 0.4) is 0 Å². The normalized spacial score (nSPS) is 19.0. The second kappa shape index (κ2) is 12.8. The molecule has 7 nitrogen and oxygen atoms in total. The lowest BCUT2D eigenvalue weighted by atomic mass is 9.69. The molecule has 3 aliphatic rings. The van der Waals surface area contributed by atoms with Crippen LogP contribution < -0.4 is 5.56 Å². The lowest BCUT2D eigenvalue weighted by molar-refractivity contribution is -0.142. The number of nitrogens with one attached hydrogen (secondary N) is 1. The molecule has 2 aromatic carbocycles. The van der Waals surface area contributed by atoms with Gasteiger partial charge in [0.25, 0.3) is 11.5 Å². The maximum Gasteiger partial charge on any atom is 0.272 e. The van der Waals surface area contributed by atoms with E-state index in [0.29, 0.717) is 55.5 Å². The fourth-order valence-corrected chi connectivity index (χ4v) is 7.63. The van der Waals surface area contributed by atoms with E-state index in [1.165, 1.54) is 44.6 Å². The van der Waals surface area contributed by atoms with Crippen LogP contribution in [0.15, 0.2) is 47.3 Å². The molecule has 3 aromatic rings. The van der Waals surface area contributed by atoms with Gasteiger partial charge in [-0.15, -0.1) is 0 Å². The summed E-state index contributed by atoms with van der Waals surface area (Å²) >= 11 is 0. The van der Waals surface area contributed by atoms with Crippen LogP contribution in [0.1, 0.15) is 85.8 Å².